The van der Waals surface area contributed by atoms with Crippen molar-refractivity contribution in [1.29, 1.82) is 0 Å². The summed E-state index contributed by atoms with van der Waals surface area (Å²) in [6.07, 6.45) is 1.34. The van der Waals surface area contributed by atoms with E-state index >= 15 is 0 Å². The topological polar surface area (TPSA) is 52.9 Å². The molecule has 0 aromatic heterocycles. The Hall–Kier alpha value is -1.59. The van der Waals surface area contributed by atoms with Crippen molar-refractivity contribution in [3.05, 3.63) is 64.2 Å². The van der Waals surface area contributed by atoms with Crippen LogP contribution in [0.5, 0.6) is 5.75 Å². The molecule has 4 nitrogen and oxygen atoms in total. The number of ether oxygens (including phenoxy) is 1. The van der Waals surface area contributed by atoms with E-state index in [2.05, 4.69) is 4.90 Å². The van der Waals surface area contributed by atoms with Crippen LogP contribution in [-0.2, 0) is 0 Å². The van der Waals surface area contributed by atoms with Crippen molar-refractivity contribution in [2.24, 2.45) is 0 Å². The minimum absolute atomic E-state index is 0.302. The molecule has 2 heterocycles. The first-order valence-corrected chi connectivity index (χ1v) is 9.95. The van der Waals surface area contributed by atoms with Gasteiger partial charge in [-0.25, -0.2) is 0 Å². The summed E-state index contributed by atoms with van der Waals surface area (Å²) in [6.45, 7) is 4.31. The molecule has 0 unspecified atom stereocenters. The van der Waals surface area contributed by atoms with Gasteiger partial charge in [0.2, 0.25) is 0 Å². The molecular weight excluding hydrogens is 362 g/mol. The number of hydrogen-bond donors (Lipinski definition) is 2. The summed E-state index contributed by atoms with van der Waals surface area (Å²) in [7, 11) is 0. The molecule has 2 atom stereocenters. The number of aliphatic hydroxyl groups is 2. The molecule has 0 saturated carbocycles. The molecule has 2 aromatic rings. The van der Waals surface area contributed by atoms with Gasteiger partial charge in [-0.2, -0.15) is 0 Å². The minimum Gasteiger partial charge on any atom is -0.487 e. The summed E-state index contributed by atoms with van der Waals surface area (Å²) in [5.74, 6) is 0.814. The van der Waals surface area contributed by atoms with Crippen LogP contribution in [-0.4, -0.2) is 40.3 Å². The number of benzene rings is 2. The molecule has 5 heteroatoms. The summed E-state index contributed by atoms with van der Waals surface area (Å²) < 4.78 is 6.37. The highest BCUT2D eigenvalue weighted by Gasteiger charge is 2.43. The van der Waals surface area contributed by atoms with Gasteiger partial charge in [-0.1, -0.05) is 35.4 Å². The molecule has 0 amide bonds. The van der Waals surface area contributed by atoms with E-state index in [1.807, 2.05) is 49.4 Å². The lowest BCUT2D eigenvalue weighted by Gasteiger charge is -2.46. The summed E-state index contributed by atoms with van der Waals surface area (Å²) >= 11 is 5.92. The van der Waals surface area contributed by atoms with Gasteiger partial charge in [-0.15, -0.1) is 0 Å². The zero-order valence-corrected chi connectivity index (χ0v) is 16.3. The van der Waals surface area contributed by atoms with E-state index in [0.29, 0.717) is 18.0 Å². The molecule has 0 aliphatic carbocycles. The fourth-order valence-electron chi connectivity index (χ4n) is 4.24. The molecule has 2 aliphatic rings. The van der Waals surface area contributed by atoms with E-state index in [4.69, 9.17) is 16.3 Å². The standard InChI is InChI=1S/C22H26ClNO3/c1-15-2-7-21-18(12-15)19(25)13-22(27-21)8-10-24(11-9-22)14-20(26)16-3-5-17(23)6-4-16/h2-7,12,19-20,25-26H,8-11,13-14H2,1H3/t19-,20-/m1/s1. The van der Waals surface area contributed by atoms with Crippen molar-refractivity contribution < 1.29 is 14.9 Å². The predicted octanol–water partition coefficient (Wildman–Crippen LogP) is 4.03. The van der Waals surface area contributed by atoms with Crippen molar-refractivity contribution in [3.8, 4) is 5.75 Å². The van der Waals surface area contributed by atoms with Gasteiger partial charge >= 0.3 is 0 Å². The maximum Gasteiger partial charge on any atom is 0.125 e. The Labute approximate surface area is 165 Å². The van der Waals surface area contributed by atoms with Gasteiger partial charge in [0.1, 0.15) is 11.4 Å². The van der Waals surface area contributed by atoms with Crippen molar-refractivity contribution in [2.45, 2.75) is 44.0 Å². The van der Waals surface area contributed by atoms with Gasteiger partial charge in [0.05, 0.1) is 12.2 Å². The fourth-order valence-corrected chi connectivity index (χ4v) is 4.37. The highest BCUT2D eigenvalue weighted by molar-refractivity contribution is 6.30. The van der Waals surface area contributed by atoms with Crippen LogP contribution in [0.4, 0.5) is 0 Å². The largest absolute Gasteiger partial charge is 0.487 e. The van der Waals surface area contributed by atoms with E-state index in [1.54, 1.807) is 0 Å². The SMILES string of the molecule is Cc1ccc2c(c1)[C@H](O)CC1(CCN(C[C@@H](O)c3ccc(Cl)cc3)CC1)O2. The number of aryl methyl sites for hydroxylation is 1. The first-order valence-electron chi connectivity index (χ1n) is 9.58. The monoisotopic (exact) mass is 387 g/mol. The summed E-state index contributed by atoms with van der Waals surface area (Å²) in [5.41, 5.74) is 2.62. The number of nitrogens with zero attached hydrogens (tertiary/aromatic N) is 1. The smallest absolute Gasteiger partial charge is 0.125 e. The molecule has 2 aromatic carbocycles. The molecule has 144 valence electrons. The van der Waals surface area contributed by atoms with Crippen LogP contribution in [0.1, 0.15) is 48.2 Å². The second-order valence-electron chi connectivity index (χ2n) is 7.91. The van der Waals surface area contributed by atoms with Crippen LogP contribution in [0, 0.1) is 6.92 Å². The number of likely N-dealkylation sites (tertiary alicyclic amines) is 1. The van der Waals surface area contributed by atoms with Crippen LogP contribution in [0.3, 0.4) is 0 Å². The summed E-state index contributed by atoms with van der Waals surface area (Å²) in [4.78, 5) is 2.27. The maximum absolute atomic E-state index is 10.6. The molecular formula is C22H26ClNO3. The van der Waals surface area contributed by atoms with Gasteiger partial charge in [0.25, 0.3) is 0 Å². The van der Waals surface area contributed by atoms with Crippen molar-refractivity contribution in [3.63, 3.8) is 0 Å². The number of β-amino-alcohol motifs (C(OH)–C–C–N with tert-alkyl or cyclic N) is 1. The lowest BCUT2D eigenvalue weighted by Crippen LogP contribution is -2.51. The maximum atomic E-state index is 10.6. The average molecular weight is 388 g/mol. The zero-order chi connectivity index (χ0) is 19.0. The third-order valence-electron chi connectivity index (χ3n) is 5.87. The fraction of sp³-hybridized carbons (Fsp3) is 0.455. The Balaban J connectivity index is 1.39. The minimum atomic E-state index is -0.530. The Kier molecular flexibility index (Phi) is 5.17. The molecule has 4 rings (SSSR count). The molecule has 0 radical (unpaired) electrons. The lowest BCUT2D eigenvalue weighted by molar-refractivity contribution is -0.0588. The van der Waals surface area contributed by atoms with E-state index in [1.165, 1.54) is 0 Å². The Morgan fingerprint density at radius 2 is 1.89 bits per heavy atom. The second kappa shape index (κ2) is 7.44. The van der Waals surface area contributed by atoms with Gasteiger partial charge in [0.15, 0.2) is 0 Å². The molecule has 27 heavy (non-hydrogen) atoms. The van der Waals surface area contributed by atoms with Crippen LogP contribution in [0.15, 0.2) is 42.5 Å². The van der Waals surface area contributed by atoms with Gasteiger partial charge in [-0.05, 0) is 49.6 Å². The first kappa shape index (κ1) is 18.8. The van der Waals surface area contributed by atoms with Crippen LogP contribution in [0.2, 0.25) is 5.02 Å². The van der Waals surface area contributed by atoms with Gasteiger partial charge in [0, 0.05) is 36.6 Å². The Bertz CT molecular complexity index is 800. The van der Waals surface area contributed by atoms with E-state index < -0.39 is 12.2 Å². The number of rotatable bonds is 3. The lowest BCUT2D eigenvalue weighted by atomic mass is 9.81. The van der Waals surface area contributed by atoms with Crippen LogP contribution in [0.25, 0.3) is 0 Å². The number of hydrogen-bond acceptors (Lipinski definition) is 4. The third kappa shape index (κ3) is 3.99. The van der Waals surface area contributed by atoms with Gasteiger partial charge < -0.3 is 19.8 Å². The molecule has 1 spiro atoms. The Morgan fingerprint density at radius 1 is 1.19 bits per heavy atom. The molecule has 2 N–H and O–H groups in total. The van der Waals surface area contributed by atoms with E-state index in [-0.39, 0.29) is 5.60 Å². The van der Waals surface area contributed by atoms with E-state index in [0.717, 1.165) is 48.4 Å². The number of halogens is 1. The molecule has 1 fully saturated rings. The van der Waals surface area contributed by atoms with Crippen molar-refractivity contribution >= 4 is 11.6 Å². The summed E-state index contributed by atoms with van der Waals surface area (Å²) in [6, 6.07) is 13.4. The number of fused-ring (bicyclic) bond motifs is 1. The summed E-state index contributed by atoms with van der Waals surface area (Å²) in [5, 5.41) is 21.8. The third-order valence-corrected chi connectivity index (χ3v) is 6.12. The van der Waals surface area contributed by atoms with Crippen molar-refractivity contribution in [2.75, 3.05) is 19.6 Å². The molecule has 2 aliphatic heterocycles. The van der Waals surface area contributed by atoms with Gasteiger partial charge in [-0.3, -0.25) is 0 Å². The quantitative estimate of drug-likeness (QED) is 0.834. The number of piperidine rings is 1. The highest BCUT2D eigenvalue weighted by Crippen LogP contribution is 2.44. The Morgan fingerprint density at radius 3 is 2.59 bits per heavy atom. The van der Waals surface area contributed by atoms with Crippen LogP contribution >= 0.6 is 11.6 Å². The molecule has 1 saturated heterocycles. The molecule has 0 bridgehead atoms. The second-order valence-corrected chi connectivity index (χ2v) is 8.35. The predicted molar refractivity (Wildman–Crippen MR) is 106 cm³/mol. The normalized spacial score (nSPS) is 22.9. The van der Waals surface area contributed by atoms with Crippen molar-refractivity contribution in [1.82, 2.24) is 4.90 Å². The first-order chi connectivity index (χ1) is 12.9. The zero-order valence-electron chi connectivity index (χ0n) is 15.6. The highest BCUT2D eigenvalue weighted by atomic mass is 35.5. The number of aliphatic hydroxyl groups excluding tert-OH is 2. The average Bonchev–Trinajstić information content (AvgIpc) is 2.65. The van der Waals surface area contributed by atoms with E-state index in [9.17, 15) is 10.2 Å². The van der Waals surface area contributed by atoms with Crippen LogP contribution < -0.4 is 4.74 Å².